The van der Waals surface area contributed by atoms with Gasteiger partial charge in [0.05, 0.1) is 0 Å². The van der Waals surface area contributed by atoms with Gasteiger partial charge in [-0.1, -0.05) is 22.9 Å². The third-order valence-corrected chi connectivity index (χ3v) is 4.11. The topological polar surface area (TPSA) is 95.3 Å². The average Bonchev–Trinajstić information content (AvgIpc) is 2.99. The summed E-state index contributed by atoms with van der Waals surface area (Å²) in [6, 6.07) is 10.8. The Hall–Kier alpha value is -2.64. The molecule has 0 radical (unpaired) electrons. The van der Waals surface area contributed by atoms with Crippen LogP contribution in [0.4, 0.5) is 5.13 Å². The highest BCUT2D eigenvalue weighted by Crippen LogP contribution is 2.33. The second kappa shape index (κ2) is 6.23. The molecule has 0 saturated heterocycles. The van der Waals surface area contributed by atoms with Crippen LogP contribution in [-0.2, 0) is 0 Å². The third-order valence-electron chi connectivity index (χ3n) is 2.97. The number of aromatic nitrogens is 2. The van der Waals surface area contributed by atoms with Crippen LogP contribution in [0.5, 0.6) is 11.5 Å². The quantitative estimate of drug-likeness (QED) is 0.630. The molecule has 0 aliphatic heterocycles. The Morgan fingerprint density at radius 1 is 1.04 bits per heavy atom. The molecule has 0 aliphatic rings. The molecule has 6 nitrogen and oxygen atoms in total. The molecular formula is C15H10ClN3O3S. The maximum Gasteiger partial charge on any atom is 0.257 e. The average molecular weight is 348 g/mol. The number of carbonyl (C=O) groups is 1. The minimum Gasteiger partial charge on any atom is -0.504 e. The van der Waals surface area contributed by atoms with Crippen LogP contribution in [0.3, 0.4) is 0 Å². The van der Waals surface area contributed by atoms with Gasteiger partial charge < -0.3 is 10.2 Å². The van der Waals surface area contributed by atoms with E-state index in [4.69, 9.17) is 11.6 Å². The molecule has 3 N–H and O–H groups in total. The third kappa shape index (κ3) is 3.41. The van der Waals surface area contributed by atoms with Crippen molar-refractivity contribution < 1.29 is 15.0 Å². The van der Waals surface area contributed by atoms with Crippen molar-refractivity contribution in [3.05, 3.63) is 53.1 Å². The van der Waals surface area contributed by atoms with Crippen molar-refractivity contribution >= 4 is 34.0 Å². The van der Waals surface area contributed by atoms with E-state index < -0.39 is 0 Å². The summed E-state index contributed by atoms with van der Waals surface area (Å²) in [5.74, 6) is -0.781. The van der Waals surface area contributed by atoms with Gasteiger partial charge in [0.25, 0.3) is 5.91 Å². The molecule has 1 amide bonds. The fourth-order valence-corrected chi connectivity index (χ4v) is 2.68. The van der Waals surface area contributed by atoms with E-state index in [1.807, 2.05) is 0 Å². The number of nitrogens with one attached hydrogen (secondary N) is 1. The van der Waals surface area contributed by atoms with Gasteiger partial charge in [0.15, 0.2) is 11.5 Å². The van der Waals surface area contributed by atoms with Crippen molar-refractivity contribution in [2.75, 3.05) is 5.32 Å². The van der Waals surface area contributed by atoms with E-state index in [1.54, 1.807) is 30.3 Å². The van der Waals surface area contributed by atoms with Gasteiger partial charge in [-0.15, -0.1) is 10.2 Å². The molecule has 3 aromatic rings. The van der Waals surface area contributed by atoms with Crippen LogP contribution in [0.25, 0.3) is 10.6 Å². The van der Waals surface area contributed by atoms with E-state index in [9.17, 15) is 15.0 Å². The Kier molecular flexibility index (Phi) is 4.14. The van der Waals surface area contributed by atoms with Gasteiger partial charge >= 0.3 is 0 Å². The molecule has 23 heavy (non-hydrogen) atoms. The molecule has 0 saturated carbocycles. The van der Waals surface area contributed by atoms with Crippen LogP contribution >= 0.6 is 22.9 Å². The number of hydrogen-bond donors (Lipinski definition) is 3. The van der Waals surface area contributed by atoms with Crippen molar-refractivity contribution in [3.8, 4) is 22.1 Å². The van der Waals surface area contributed by atoms with Gasteiger partial charge in [-0.3, -0.25) is 10.1 Å². The number of nitrogens with zero attached hydrogens (tertiary/aromatic N) is 2. The Morgan fingerprint density at radius 3 is 2.48 bits per heavy atom. The lowest BCUT2D eigenvalue weighted by Crippen LogP contribution is -2.11. The number of carbonyl (C=O) groups excluding carboxylic acids is 1. The van der Waals surface area contributed by atoms with Crippen LogP contribution in [0.1, 0.15) is 10.4 Å². The number of halogens is 1. The SMILES string of the molecule is O=C(Nc1nnc(-c2ccc(O)c(O)c2)s1)c1ccc(Cl)cc1. The number of amides is 1. The molecule has 0 aliphatic carbocycles. The first kappa shape index (κ1) is 15.3. The monoisotopic (exact) mass is 347 g/mol. The summed E-state index contributed by atoms with van der Waals surface area (Å²) in [7, 11) is 0. The maximum atomic E-state index is 12.1. The molecule has 1 aromatic heterocycles. The molecule has 2 aromatic carbocycles. The Bertz CT molecular complexity index is 865. The zero-order valence-electron chi connectivity index (χ0n) is 11.5. The normalized spacial score (nSPS) is 10.5. The number of hydrogen-bond acceptors (Lipinski definition) is 6. The van der Waals surface area contributed by atoms with Crippen molar-refractivity contribution in [1.29, 1.82) is 0 Å². The molecule has 3 rings (SSSR count). The van der Waals surface area contributed by atoms with E-state index in [2.05, 4.69) is 15.5 Å². The minimum atomic E-state index is -0.321. The zero-order valence-corrected chi connectivity index (χ0v) is 13.1. The van der Waals surface area contributed by atoms with E-state index in [0.29, 0.717) is 26.3 Å². The Labute approximate surface area is 140 Å². The first-order valence-corrected chi connectivity index (χ1v) is 7.65. The van der Waals surface area contributed by atoms with Crippen LogP contribution < -0.4 is 5.32 Å². The van der Waals surface area contributed by atoms with E-state index in [1.165, 1.54) is 12.1 Å². The van der Waals surface area contributed by atoms with Crippen molar-refractivity contribution in [2.24, 2.45) is 0 Å². The van der Waals surface area contributed by atoms with Gasteiger partial charge in [-0.05, 0) is 42.5 Å². The Morgan fingerprint density at radius 2 is 1.78 bits per heavy atom. The summed E-state index contributed by atoms with van der Waals surface area (Å²) in [6.07, 6.45) is 0. The highest BCUT2D eigenvalue weighted by molar-refractivity contribution is 7.18. The predicted octanol–water partition coefficient (Wildman–Crippen LogP) is 3.52. The van der Waals surface area contributed by atoms with Gasteiger partial charge in [-0.25, -0.2) is 0 Å². The number of phenols is 2. The standard InChI is InChI=1S/C15H10ClN3O3S/c16-10-4-1-8(2-5-10)13(22)17-15-19-18-14(23-15)9-3-6-11(20)12(21)7-9/h1-7,20-21H,(H,17,19,22). The molecule has 1 heterocycles. The number of phenolic OH excluding ortho intramolecular Hbond substituents is 2. The molecule has 0 spiro atoms. The predicted molar refractivity (Wildman–Crippen MR) is 88.1 cm³/mol. The summed E-state index contributed by atoms with van der Waals surface area (Å²) in [4.78, 5) is 12.1. The summed E-state index contributed by atoms with van der Waals surface area (Å²) < 4.78 is 0. The second-order valence-electron chi connectivity index (χ2n) is 4.58. The molecule has 0 atom stereocenters. The first-order chi connectivity index (χ1) is 11.0. The second-order valence-corrected chi connectivity index (χ2v) is 5.99. The largest absolute Gasteiger partial charge is 0.504 e. The number of anilines is 1. The highest BCUT2D eigenvalue weighted by atomic mass is 35.5. The van der Waals surface area contributed by atoms with E-state index in [-0.39, 0.29) is 17.4 Å². The minimum absolute atomic E-state index is 0.213. The number of aromatic hydroxyl groups is 2. The first-order valence-electron chi connectivity index (χ1n) is 6.46. The molecule has 0 fully saturated rings. The summed E-state index contributed by atoms with van der Waals surface area (Å²) in [5.41, 5.74) is 1.04. The van der Waals surface area contributed by atoms with Gasteiger partial charge in [0.1, 0.15) is 5.01 Å². The lowest BCUT2D eigenvalue weighted by Gasteiger charge is -2.01. The molecular weight excluding hydrogens is 338 g/mol. The van der Waals surface area contributed by atoms with Crippen molar-refractivity contribution in [1.82, 2.24) is 10.2 Å². The van der Waals surface area contributed by atoms with Crippen molar-refractivity contribution in [2.45, 2.75) is 0 Å². The highest BCUT2D eigenvalue weighted by Gasteiger charge is 2.12. The van der Waals surface area contributed by atoms with Gasteiger partial charge in [-0.2, -0.15) is 0 Å². The number of benzene rings is 2. The maximum absolute atomic E-state index is 12.1. The van der Waals surface area contributed by atoms with Crippen LogP contribution in [0.15, 0.2) is 42.5 Å². The molecule has 0 unspecified atom stereocenters. The lowest BCUT2D eigenvalue weighted by atomic mass is 10.2. The van der Waals surface area contributed by atoms with Crippen molar-refractivity contribution in [3.63, 3.8) is 0 Å². The molecule has 8 heteroatoms. The van der Waals surface area contributed by atoms with E-state index in [0.717, 1.165) is 11.3 Å². The fraction of sp³-hybridized carbons (Fsp3) is 0. The summed E-state index contributed by atoms with van der Waals surface area (Å²) >= 11 is 6.94. The van der Waals surface area contributed by atoms with E-state index >= 15 is 0 Å². The smallest absolute Gasteiger partial charge is 0.257 e. The summed E-state index contributed by atoms with van der Waals surface area (Å²) in [5, 5.41) is 30.7. The van der Waals surface area contributed by atoms with Crippen LogP contribution in [-0.4, -0.2) is 26.3 Å². The molecule has 0 bridgehead atoms. The Balaban J connectivity index is 1.77. The van der Waals surface area contributed by atoms with Crippen LogP contribution in [0, 0.1) is 0 Å². The fourth-order valence-electron chi connectivity index (χ4n) is 1.82. The van der Waals surface area contributed by atoms with Gasteiger partial charge in [0.2, 0.25) is 5.13 Å². The number of rotatable bonds is 3. The van der Waals surface area contributed by atoms with Crippen LogP contribution in [0.2, 0.25) is 5.02 Å². The van der Waals surface area contributed by atoms with Gasteiger partial charge in [0, 0.05) is 16.1 Å². The zero-order chi connectivity index (χ0) is 16.4. The summed E-state index contributed by atoms with van der Waals surface area (Å²) in [6.45, 7) is 0. The molecule has 116 valence electrons. The lowest BCUT2D eigenvalue weighted by molar-refractivity contribution is 0.102.